The molecule has 4 rings (SSSR count). The summed E-state index contributed by atoms with van der Waals surface area (Å²) in [5, 5.41) is 4.84. The highest BCUT2D eigenvalue weighted by atomic mass is 32.1. The fourth-order valence-corrected chi connectivity index (χ4v) is 3.97. The van der Waals surface area contributed by atoms with Crippen molar-refractivity contribution in [2.75, 3.05) is 5.32 Å². The van der Waals surface area contributed by atoms with Crippen molar-refractivity contribution in [2.24, 2.45) is 0 Å². The third-order valence-corrected chi connectivity index (χ3v) is 5.03. The lowest BCUT2D eigenvalue weighted by Crippen LogP contribution is -2.16. The van der Waals surface area contributed by atoms with Crippen LogP contribution in [0.25, 0.3) is 15.2 Å². The topological polar surface area (TPSA) is 68.5 Å². The zero-order valence-electron chi connectivity index (χ0n) is 12.8. The van der Waals surface area contributed by atoms with E-state index in [4.69, 9.17) is 0 Å². The summed E-state index contributed by atoms with van der Waals surface area (Å²) in [5.41, 5.74) is 1.10. The number of nitrogens with zero attached hydrogens (tertiary/aromatic N) is 3. The van der Waals surface area contributed by atoms with Crippen LogP contribution in [0.1, 0.15) is 5.69 Å². The van der Waals surface area contributed by atoms with Crippen LogP contribution in [-0.2, 0) is 11.2 Å². The summed E-state index contributed by atoms with van der Waals surface area (Å²) < 4.78 is 43.0. The van der Waals surface area contributed by atoms with Crippen LogP contribution in [0.5, 0.6) is 5.75 Å². The van der Waals surface area contributed by atoms with Crippen molar-refractivity contribution in [2.45, 2.75) is 12.8 Å². The number of fused-ring (bicyclic) bond motifs is 2. The quantitative estimate of drug-likeness (QED) is 0.562. The summed E-state index contributed by atoms with van der Waals surface area (Å²) in [6.45, 7) is 0. The van der Waals surface area contributed by atoms with E-state index in [-0.39, 0.29) is 18.1 Å². The normalized spacial score (nSPS) is 12.0. The lowest BCUT2D eigenvalue weighted by molar-refractivity contribution is -0.274. The van der Waals surface area contributed by atoms with Crippen LogP contribution in [0.3, 0.4) is 0 Å². The number of carbonyl (C=O) groups excluding carboxylic acids is 1. The Balaban J connectivity index is 1.47. The second kappa shape index (κ2) is 6.25. The molecular weight excluding hydrogens is 389 g/mol. The average molecular weight is 398 g/mol. The minimum Gasteiger partial charge on any atom is -0.406 e. The maximum Gasteiger partial charge on any atom is 0.573 e. The van der Waals surface area contributed by atoms with Crippen LogP contribution in [0.2, 0.25) is 0 Å². The monoisotopic (exact) mass is 398 g/mol. The molecular formula is C15H9F3N4O2S2. The number of hydrogen-bond acceptors (Lipinski definition) is 6. The number of aromatic nitrogens is 3. The zero-order chi connectivity index (χ0) is 18.3. The number of rotatable bonds is 4. The summed E-state index contributed by atoms with van der Waals surface area (Å²) in [5.74, 6) is -0.633. The van der Waals surface area contributed by atoms with Crippen molar-refractivity contribution in [3.8, 4) is 5.75 Å². The van der Waals surface area contributed by atoms with Gasteiger partial charge in [0, 0.05) is 23.8 Å². The summed E-state index contributed by atoms with van der Waals surface area (Å²) in [6.07, 6.45) is -1.06. The molecule has 0 aliphatic heterocycles. The van der Waals surface area contributed by atoms with E-state index in [2.05, 4.69) is 20.0 Å². The van der Waals surface area contributed by atoms with Gasteiger partial charge in [-0.05, 0) is 12.1 Å². The van der Waals surface area contributed by atoms with Crippen LogP contribution in [0.4, 0.5) is 18.3 Å². The first kappa shape index (κ1) is 16.8. The van der Waals surface area contributed by atoms with Crippen molar-refractivity contribution in [3.05, 3.63) is 41.7 Å². The first-order valence-corrected chi connectivity index (χ1v) is 8.93. The van der Waals surface area contributed by atoms with Crippen LogP contribution in [-0.4, -0.2) is 26.6 Å². The van der Waals surface area contributed by atoms with Crippen LogP contribution >= 0.6 is 22.7 Å². The van der Waals surface area contributed by atoms with Crippen molar-refractivity contribution < 1.29 is 22.7 Å². The Morgan fingerprint density at radius 2 is 2.15 bits per heavy atom. The molecule has 134 valence electrons. The molecule has 0 radical (unpaired) electrons. The second-order valence-corrected chi connectivity index (χ2v) is 7.15. The Bertz CT molecular complexity index is 1070. The van der Waals surface area contributed by atoms with Gasteiger partial charge in [-0.2, -0.15) is 0 Å². The number of imidazole rings is 1. The molecule has 3 heterocycles. The Morgan fingerprint density at radius 1 is 1.31 bits per heavy atom. The molecule has 6 nitrogen and oxygen atoms in total. The smallest absolute Gasteiger partial charge is 0.406 e. The van der Waals surface area contributed by atoms with Crippen molar-refractivity contribution in [1.29, 1.82) is 0 Å². The first-order valence-electron chi connectivity index (χ1n) is 7.23. The minimum atomic E-state index is -4.76. The summed E-state index contributed by atoms with van der Waals surface area (Å²) in [4.78, 5) is 21.5. The van der Waals surface area contributed by atoms with Crippen molar-refractivity contribution in [1.82, 2.24) is 14.4 Å². The summed E-state index contributed by atoms with van der Waals surface area (Å²) in [6, 6.07) is 3.82. The Labute approximate surface area is 151 Å². The third kappa shape index (κ3) is 3.63. The molecule has 0 fully saturated rings. The molecule has 1 aromatic carbocycles. The maximum atomic E-state index is 12.3. The van der Waals surface area contributed by atoms with Crippen LogP contribution < -0.4 is 10.1 Å². The molecule has 0 spiro atoms. The minimum absolute atomic E-state index is 0.0762. The first-order chi connectivity index (χ1) is 12.4. The average Bonchev–Trinajstić information content (AvgIpc) is 3.18. The number of alkyl halides is 3. The predicted octanol–water partition coefficient (Wildman–Crippen LogP) is 4.09. The van der Waals surface area contributed by atoms with Gasteiger partial charge >= 0.3 is 6.36 Å². The van der Waals surface area contributed by atoms with Crippen LogP contribution in [0.15, 0.2) is 36.0 Å². The number of nitrogens with one attached hydrogen (secondary N) is 1. The fourth-order valence-electron chi connectivity index (χ4n) is 2.34. The SMILES string of the molecule is O=C(Cc1cn2ccsc2n1)Nc1nc2ccc(OC(F)(F)F)cc2s1. The number of benzene rings is 1. The lowest BCUT2D eigenvalue weighted by atomic mass is 10.3. The Morgan fingerprint density at radius 3 is 2.92 bits per heavy atom. The number of anilines is 1. The van der Waals surface area contributed by atoms with Gasteiger partial charge in [-0.15, -0.1) is 24.5 Å². The molecule has 4 aromatic rings. The van der Waals surface area contributed by atoms with Crippen molar-refractivity contribution in [3.63, 3.8) is 0 Å². The molecule has 0 atom stereocenters. The van der Waals surface area contributed by atoms with Gasteiger partial charge in [0.25, 0.3) is 0 Å². The largest absolute Gasteiger partial charge is 0.573 e. The highest BCUT2D eigenvalue weighted by Gasteiger charge is 2.31. The number of carbonyl (C=O) groups is 1. The second-order valence-electron chi connectivity index (χ2n) is 5.25. The highest BCUT2D eigenvalue weighted by Crippen LogP contribution is 2.31. The van der Waals surface area contributed by atoms with E-state index in [1.54, 1.807) is 6.20 Å². The number of halogens is 3. The summed E-state index contributed by atoms with van der Waals surface area (Å²) in [7, 11) is 0. The van der Waals surface area contributed by atoms with Gasteiger partial charge in [0.2, 0.25) is 5.91 Å². The van der Waals surface area contributed by atoms with Gasteiger partial charge in [0.05, 0.1) is 22.3 Å². The highest BCUT2D eigenvalue weighted by molar-refractivity contribution is 7.22. The van der Waals surface area contributed by atoms with Gasteiger partial charge in [-0.1, -0.05) is 11.3 Å². The Hall–Kier alpha value is -2.66. The standard InChI is InChI=1S/C15H9F3N4O2S2/c16-15(17,18)24-9-1-2-10-11(6-9)26-13(20-10)21-12(23)5-8-7-22-3-4-25-14(22)19-8/h1-4,6-7H,5H2,(H,20,21,23). The Kier molecular flexibility index (Phi) is 4.04. The van der Waals surface area contributed by atoms with E-state index in [0.29, 0.717) is 21.0 Å². The molecule has 0 aliphatic carbocycles. The van der Waals surface area contributed by atoms with Gasteiger partial charge in [0.15, 0.2) is 10.1 Å². The number of ether oxygens (including phenoxy) is 1. The molecule has 0 unspecified atom stereocenters. The van der Waals surface area contributed by atoms with Crippen LogP contribution in [0, 0.1) is 0 Å². The van der Waals surface area contributed by atoms with Crippen molar-refractivity contribution >= 4 is 48.9 Å². The molecule has 11 heteroatoms. The van der Waals surface area contributed by atoms with E-state index in [1.165, 1.54) is 29.5 Å². The molecule has 1 amide bonds. The van der Waals surface area contributed by atoms with E-state index in [0.717, 1.165) is 16.3 Å². The third-order valence-electron chi connectivity index (χ3n) is 3.32. The molecule has 0 saturated heterocycles. The van der Waals surface area contributed by atoms with E-state index in [9.17, 15) is 18.0 Å². The lowest BCUT2D eigenvalue weighted by Gasteiger charge is -2.07. The zero-order valence-corrected chi connectivity index (χ0v) is 14.4. The van der Waals surface area contributed by atoms with Gasteiger partial charge in [-0.25, -0.2) is 9.97 Å². The van der Waals surface area contributed by atoms with E-state index < -0.39 is 6.36 Å². The molecule has 26 heavy (non-hydrogen) atoms. The number of thiazole rings is 2. The van der Waals surface area contributed by atoms with Gasteiger partial charge in [-0.3, -0.25) is 9.20 Å². The molecule has 1 N–H and O–H groups in total. The van der Waals surface area contributed by atoms with Gasteiger partial charge in [0.1, 0.15) is 5.75 Å². The maximum absolute atomic E-state index is 12.3. The predicted molar refractivity (Wildman–Crippen MR) is 91.7 cm³/mol. The summed E-state index contributed by atoms with van der Waals surface area (Å²) >= 11 is 2.53. The number of amides is 1. The van der Waals surface area contributed by atoms with E-state index in [1.807, 2.05) is 16.0 Å². The van der Waals surface area contributed by atoms with E-state index >= 15 is 0 Å². The molecule has 0 bridgehead atoms. The fraction of sp³-hybridized carbons (Fsp3) is 0.133. The molecule has 0 saturated carbocycles. The molecule has 3 aromatic heterocycles. The number of hydrogen-bond donors (Lipinski definition) is 1. The molecule has 0 aliphatic rings. The van der Waals surface area contributed by atoms with Gasteiger partial charge < -0.3 is 10.1 Å².